The normalized spacial score (nSPS) is 11.1. The first kappa shape index (κ1) is 20.8. The van der Waals surface area contributed by atoms with Crippen molar-refractivity contribution in [1.82, 2.24) is 15.6 Å². The number of aromatic nitrogens is 2. The minimum atomic E-state index is -0.320. The Kier molecular flexibility index (Phi) is 7.84. The highest BCUT2D eigenvalue weighted by Gasteiger charge is 2.09. The number of thioether (sulfide) groups is 2. The number of rotatable bonds is 8. The molecule has 0 radical (unpaired) electrons. The van der Waals surface area contributed by atoms with Crippen LogP contribution in [0.15, 0.2) is 62.3 Å². The second-order valence-electron chi connectivity index (χ2n) is 5.35. The molecule has 2 aromatic carbocycles. The average molecular weight is 453 g/mol. The number of amides is 1. The summed E-state index contributed by atoms with van der Waals surface area (Å²) < 4.78 is 14.3. The molecule has 0 saturated carbocycles. The first-order valence-corrected chi connectivity index (χ1v) is 11.2. The summed E-state index contributed by atoms with van der Waals surface area (Å²) in [6.45, 7) is 0. The number of carbonyl (C=O) groups excluding carboxylic acids is 1. The van der Waals surface area contributed by atoms with Gasteiger partial charge in [0.25, 0.3) is 5.91 Å². The lowest BCUT2D eigenvalue weighted by Crippen LogP contribution is -2.19. The lowest BCUT2D eigenvalue weighted by Gasteiger charge is -2.00. The van der Waals surface area contributed by atoms with Crippen LogP contribution in [0.4, 0.5) is 4.39 Å². The van der Waals surface area contributed by atoms with E-state index in [9.17, 15) is 9.18 Å². The zero-order chi connectivity index (χ0) is 19.8. The van der Waals surface area contributed by atoms with Gasteiger partial charge in [0.15, 0.2) is 8.68 Å². The second kappa shape index (κ2) is 10.6. The number of nitrogens with zero attached hydrogens (tertiary/aromatic N) is 3. The molecule has 1 N–H and O–H groups in total. The molecule has 0 aliphatic rings. The molecule has 1 heterocycles. The van der Waals surface area contributed by atoms with Crippen LogP contribution in [0, 0.1) is 5.82 Å². The van der Waals surface area contributed by atoms with Crippen molar-refractivity contribution in [3.63, 3.8) is 0 Å². The fraction of sp³-hybridized carbons (Fsp3) is 0.111. The van der Waals surface area contributed by atoms with Gasteiger partial charge in [0.2, 0.25) is 0 Å². The lowest BCUT2D eigenvalue weighted by molar-refractivity contribution is -0.118. The molecule has 10 heteroatoms. The molecule has 5 nitrogen and oxygen atoms in total. The maximum atomic E-state index is 12.8. The number of hydrazone groups is 1. The Labute approximate surface area is 178 Å². The van der Waals surface area contributed by atoms with Gasteiger partial charge in [-0.25, -0.2) is 9.82 Å². The Morgan fingerprint density at radius 3 is 2.61 bits per heavy atom. The summed E-state index contributed by atoms with van der Waals surface area (Å²) >= 11 is 10.4. The Bertz CT molecular complexity index is 965. The predicted molar refractivity (Wildman–Crippen MR) is 114 cm³/mol. The summed E-state index contributed by atoms with van der Waals surface area (Å²) in [7, 11) is 0. The Hall–Kier alpha value is -1.94. The smallest absolute Gasteiger partial charge is 0.250 e. The quantitative estimate of drug-likeness (QED) is 0.300. The van der Waals surface area contributed by atoms with E-state index >= 15 is 0 Å². The average Bonchev–Trinajstić information content (AvgIpc) is 3.15. The van der Waals surface area contributed by atoms with Crippen LogP contribution in [0.5, 0.6) is 0 Å². The minimum Gasteiger partial charge on any atom is -0.272 e. The van der Waals surface area contributed by atoms with Gasteiger partial charge in [-0.05, 0) is 29.3 Å². The van der Waals surface area contributed by atoms with E-state index in [1.807, 2.05) is 24.3 Å². The summed E-state index contributed by atoms with van der Waals surface area (Å²) in [5.41, 5.74) is 4.16. The third kappa shape index (κ3) is 6.59. The molecule has 0 unspecified atom stereocenters. The minimum absolute atomic E-state index is 0.171. The van der Waals surface area contributed by atoms with Crippen molar-refractivity contribution < 1.29 is 9.18 Å². The van der Waals surface area contributed by atoms with Crippen LogP contribution in [0.3, 0.4) is 0 Å². The van der Waals surface area contributed by atoms with Crippen molar-refractivity contribution >= 4 is 58.6 Å². The number of halogens is 2. The summed E-state index contributed by atoms with van der Waals surface area (Å²) in [5.74, 6) is 0.296. The molecule has 3 aromatic rings. The van der Waals surface area contributed by atoms with Gasteiger partial charge in [0, 0.05) is 10.8 Å². The standard InChI is InChI=1S/C18H14ClFN4OS3/c19-15-4-2-1-3-13(15)10-26-17-23-24-18(28-17)27-11-16(25)22-21-9-12-5-7-14(20)8-6-12/h1-9H,10-11H2,(H,22,25)/b21-9+. The molecule has 0 spiro atoms. The zero-order valence-corrected chi connectivity index (χ0v) is 17.5. The molecule has 0 aliphatic heterocycles. The van der Waals surface area contributed by atoms with Crippen molar-refractivity contribution in [2.75, 3.05) is 5.75 Å². The van der Waals surface area contributed by atoms with Crippen molar-refractivity contribution in [1.29, 1.82) is 0 Å². The Morgan fingerprint density at radius 1 is 1.14 bits per heavy atom. The van der Waals surface area contributed by atoms with E-state index in [1.165, 1.54) is 41.4 Å². The molecular weight excluding hydrogens is 439 g/mol. The molecule has 1 aromatic heterocycles. The summed E-state index contributed by atoms with van der Waals surface area (Å²) in [6.07, 6.45) is 1.45. The highest BCUT2D eigenvalue weighted by atomic mass is 35.5. The van der Waals surface area contributed by atoms with Gasteiger partial charge in [-0.15, -0.1) is 10.2 Å². The van der Waals surface area contributed by atoms with E-state index in [4.69, 9.17) is 11.6 Å². The Balaban J connectivity index is 1.41. The van der Waals surface area contributed by atoms with Crippen molar-refractivity contribution in [3.8, 4) is 0 Å². The maximum Gasteiger partial charge on any atom is 0.250 e. The summed E-state index contributed by atoms with van der Waals surface area (Å²) in [6, 6.07) is 13.5. The molecule has 1 amide bonds. The first-order chi connectivity index (χ1) is 13.6. The number of carbonyl (C=O) groups is 1. The van der Waals surface area contributed by atoms with Crippen LogP contribution in [0.25, 0.3) is 0 Å². The van der Waals surface area contributed by atoms with Gasteiger partial charge in [0.05, 0.1) is 12.0 Å². The summed E-state index contributed by atoms with van der Waals surface area (Å²) in [4.78, 5) is 11.8. The van der Waals surface area contributed by atoms with Crippen LogP contribution >= 0.6 is 46.5 Å². The molecular formula is C18H14ClFN4OS3. The van der Waals surface area contributed by atoms with Gasteiger partial charge >= 0.3 is 0 Å². The van der Waals surface area contributed by atoms with E-state index in [1.54, 1.807) is 23.9 Å². The fourth-order valence-electron chi connectivity index (χ4n) is 1.96. The van der Waals surface area contributed by atoms with Crippen molar-refractivity contribution in [2.24, 2.45) is 5.10 Å². The second-order valence-corrected chi connectivity index (χ2v) is 9.18. The van der Waals surface area contributed by atoms with Gasteiger partial charge in [-0.1, -0.05) is 76.8 Å². The van der Waals surface area contributed by atoms with E-state index < -0.39 is 0 Å². The number of hydrogen-bond acceptors (Lipinski definition) is 7. The number of benzene rings is 2. The molecule has 28 heavy (non-hydrogen) atoms. The monoisotopic (exact) mass is 452 g/mol. The maximum absolute atomic E-state index is 12.8. The number of nitrogens with one attached hydrogen (secondary N) is 1. The van der Waals surface area contributed by atoms with Crippen LogP contribution in [0.1, 0.15) is 11.1 Å². The predicted octanol–water partition coefficient (Wildman–Crippen LogP) is 4.87. The van der Waals surface area contributed by atoms with Crippen molar-refractivity contribution in [2.45, 2.75) is 14.4 Å². The fourth-order valence-corrected chi connectivity index (χ4v) is 5.05. The molecule has 0 aliphatic carbocycles. The zero-order valence-electron chi connectivity index (χ0n) is 14.3. The molecule has 0 saturated heterocycles. The van der Waals surface area contributed by atoms with E-state index in [2.05, 4.69) is 20.7 Å². The first-order valence-electron chi connectivity index (χ1n) is 8.00. The Morgan fingerprint density at radius 2 is 1.86 bits per heavy atom. The van der Waals surface area contributed by atoms with Gasteiger partial charge in [-0.3, -0.25) is 4.79 Å². The number of hydrogen-bond donors (Lipinski definition) is 1. The van der Waals surface area contributed by atoms with Crippen LogP contribution in [0.2, 0.25) is 5.02 Å². The van der Waals surface area contributed by atoms with Gasteiger partial charge in [0.1, 0.15) is 5.82 Å². The van der Waals surface area contributed by atoms with Crippen LogP contribution < -0.4 is 5.43 Å². The van der Waals surface area contributed by atoms with E-state index in [0.717, 1.165) is 14.9 Å². The lowest BCUT2D eigenvalue weighted by atomic mass is 10.2. The van der Waals surface area contributed by atoms with Crippen LogP contribution in [-0.2, 0) is 10.5 Å². The van der Waals surface area contributed by atoms with Crippen LogP contribution in [-0.4, -0.2) is 28.1 Å². The van der Waals surface area contributed by atoms with Crippen molar-refractivity contribution in [3.05, 3.63) is 70.5 Å². The topological polar surface area (TPSA) is 67.2 Å². The summed E-state index contributed by atoms with van der Waals surface area (Å²) in [5, 5.41) is 12.8. The van der Waals surface area contributed by atoms with E-state index in [-0.39, 0.29) is 17.5 Å². The highest BCUT2D eigenvalue weighted by Crippen LogP contribution is 2.32. The molecule has 0 bridgehead atoms. The largest absolute Gasteiger partial charge is 0.272 e. The third-order valence-corrected chi connectivity index (χ3v) is 6.90. The van der Waals surface area contributed by atoms with Gasteiger partial charge < -0.3 is 0 Å². The highest BCUT2D eigenvalue weighted by molar-refractivity contribution is 8.03. The molecule has 144 valence electrons. The van der Waals surface area contributed by atoms with E-state index in [0.29, 0.717) is 15.7 Å². The molecule has 0 atom stereocenters. The third-order valence-electron chi connectivity index (χ3n) is 3.30. The molecule has 3 rings (SSSR count). The van der Waals surface area contributed by atoms with Gasteiger partial charge in [-0.2, -0.15) is 5.10 Å². The molecule has 0 fully saturated rings. The SMILES string of the molecule is O=C(CSc1nnc(SCc2ccccc2Cl)s1)N/N=C/c1ccc(F)cc1.